The summed E-state index contributed by atoms with van der Waals surface area (Å²) in [7, 11) is 0. The zero-order valence-electron chi connectivity index (χ0n) is 16.8. The van der Waals surface area contributed by atoms with Crippen molar-refractivity contribution in [1.82, 2.24) is 10.3 Å². The van der Waals surface area contributed by atoms with Crippen molar-refractivity contribution in [3.05, 3.63) is 71.0 Å². The number of halogens is 1. The molecule has 0 saturated heterocycles. The lowest BCUT2D eigenvalue weighted by Gasteiger charge is -2.14. The highest BCUT2D eigenvalue weighted by Gasteiger charge is 2.27. The molecule has 1 unspecified atom stereocenters. The van der Waals surface area contributed by atoms with Gasteiger partial charge < -0.3 is 19.5 Å². The average molecular weight is 437 g/mol. The van der Waals surface area contributed by atoms with E-state index in [2.05, 4.69) is 10.3 Å². The fourth-order valence-electron chi connectivity index (χ4n) is 3.92. The first-order valence-corrected chi connectivity index (χ1v) is 10.6. The fourth-order valence-corrected chi connectivity index (χ4v) is 4.17. The van der Waals surface area contributed by atoms with E-state index in [4.69, 9.17) is 25.8 Å². The number of hydrogen-bond acceptors (Lipinski definition) is 5. The van der Waals surface area contributed by atoms with E-state index in [1.807, 2.05) is 42.5 Å². The molecule has 0 fully saturated rings. The van der Waals surface area contributed by atoms with Gasteiger partial charge in [-0.3, -0.25) is 9.78 Å². The summed E-state index contributed by atoms with van der Waals surface area (Å²) >= 11 is 6.33. The third-order valence-corrected chi connectivity index (χ3v) is 5.68. The molecule has 7 heteroatoms. The van der Waals surface area contributed by atoms with E-state index in [1.54, 1.807) is 12.4 Å². The summed E-state index contributed by atoms with van der Waals surface area (Å²) in [4.78, 5) is 16.4. The van der Waals surface area contributed by atoms with E-state index in [9.17, 15) is 4.79 Å². The number of ether oxygens (including phenoxy) is 3. The van der Waals surface area contributed by atoms with Gasteiger partial charge in [0.25, 0.3) is 0 Å². The van der Waals surface area contributed by atoms with Crippen LogP contribution in [0, 0.1) is 0 Å². The molecule has 5 rings (SSSR count). The standard InChI is InChI=1S/C24H21ClN2O4/c25-18-10-17-11-19(31-24(17)20(12-18)16-5-7-26-8-6-16)13-27-23(28)4-2-15-1-3-21-22(9-15)30-14-29-21/h1,3,5-10,12,19H,2,4,11,13-14H2,(H,27,28). The third kappa shape index (κ3) is 4.30. The number of nitrogens with zero attached hydrogens (tertiary/aromatic N) is 1. The van der Waals surface area contributed by atoms with Crippen molar-refractivity contribution in [3.63, 3.8) is 0 Å². The Kier molecular flexibility index (Phi) is 5.38. The van der Waals surface area contributed by atoms with Gasteiger partial charge in [0.2, 0.25) is 12.7 Å². The molecule has 1 N–H and O–H groups in total. The van der Waals surface area contributed by atoms with Gasteiger partial charge in [-0.05, 0) is 53.9 Å². The zero-order valence-corrected chi connectivity index (χ0v) is 17.5. The molecule has 2 aromatic carbocycles. The second-order valence-corrected chi connectivity index (χ2v) is 8.05. The molecule has 3 aromatic rings. The number of carbonyl (C=O) groups excluding carboxylic acids is 1. The van der Waals surface area contributed by atoms with Crippen LogP contribution in [-0.2, 0) is 17.6 Å². The maximum absolute atomic E-state index is 12.4. The fraction of sp³-hybridized carbons (Fsp3) is 0.250. The van der Waals surface area contributed by atoms with Crippen LogP contribution < -0.4 is 19.5 Å². The summed E-state index contributed by atoms with van der Waals surface area (Å²) < 4.78 is 16.9. The largest absolute Gasteiger partial charge is 0.487 e. The quantitative estimate of drug-likeness (QED) is 0.627. The van der Waals surface area contributed by atoms with E-state index in [0.717, 1.165) is 39.5 Å². The van der Waals surface area contributed by atoms with Gasteiger partial charge in [-0.25, -0.2) is 0 Å². The van der Waals surface area contributed by atoms with Crippen LogP contribution >= 0.6 is 11.6 Å². The van der Waals surface area contributed by atoms with Gasteiger partial charge in [-0.15, -0.1) is 0 Å². The van der Waals surface area contributed by atoms with E-state index < -0.39 is 0 Å². The molecular formula is C24H21ClN2O4. The number of amides is 1. The Hall–Kier alpha value is -3.25. The molecule has 158 valence electrons. The zero-order chi connectivity index (χ0) is 21.2. The molecule has 0 aliphatic carbocycles. The Labute approximate surface area is 185 Å². The smallest absolute Gasteiger partial charge is 0.231 e. The first kappa shape index (κ1) is 19.7. The predicted octanol–water partition coefficient (Wildman–Crippen LogP) is 4.18. The van der Waals surface area contributed by atoms with E-state index in [1.165, 1.54) is 0 Å². The highest BCUT2D eigenvalue weighted by atomic mass is 35.5. The van der Waals surface area contributed by atoms with Crippen molar-refractivity contribution < 1.29 is 19.0 Å². The summed E-state index contributed by atoms with van der Waals surface area (Å²) in [5.74, 6) is 2.30. The predicted molar refractivity (Wildman–Crippen MR) is 117 cm³/mol. The van der Waals surface area contributed by atoms with E-state index in [-0.39, 0.29) is 18.8 Å². The minimum absolute atomic E-state index is 0.00962. The van der Waals surface area contributed by atoms with Crippen molar-refractivity contribution in [2.75, 3.05) is 13.3 Å². The van der Waals surface area contributed by atoms with Crippen LogP contribution in [0.2, 0.25) is 5.02 Å². The van der Waals surface area contributed by atoms with Crippen LogP contribution in [-0.4, -0.2) is 30.3 Å². The monoisotopic (exact) mass is 436 g/mol. The van der Waals surface area contributed by atoms with Crippen LogP contribution in [0.5, 0.6) is 17.2 Å². The molecule has 2 aliphatic heterocycles. The van der Waals surface area contributed by atoms with Crippen molar-refractivity contribution in [2.24, 2.45) is 0 Å². The topological polar surface area (TPSA) is 69.7 Å². The number of hydrogen-bond donors (Lipinski definition) is 1. The lowest BCUT2D eigenvalue weighted by atomic mass is 10.0. The minimum atomic E-state index is -0.122. The Morgan fingerprint density at radius 1 is 1.10 bits per heavy atom. The number of carbonyl (C=O) groups is 1. The second-order valence-electron chi connectivity index (χ2n) is 7.61. The summed E-state index contributed by atoms with van der Waals surface area (Å²) in [5, 5.41) is 3.66. The Balaban J connectivity index is 1.17. The highest BCUT2D eigenvalue weighted by Crippen LogP contribution is 2.40. The minimum Gasteiger partial charge on any atom is -0.487 e. The summed E-state index contributed by atoms with van der Waals surface area (Å²) in [6.07, 6.45) is 5.11. The van der Waals surface area contributed by atoms with Crippen LogP contribution in [0.25, 0.3) is 11.1 Å². The molecule has 6 nitrogen and oxygen atoms in total. The van der Waals surface area contributed by atoms with Crippen molar-refractivity contribution in [3.8, 4) is 28.4 Å². The molecule has 0 bridgehead atoms. The van der Waals surface area contributed by atoms with Crippen molar-refractivity contribution in [2.45, 2.75) is 25.4 Å². The third-order valence-electron chi connectivity index (χ3n) is 5.46. The molecule has 31 heavy (non-hydrogen) atoms. The van der Waals surface area contributed by atoms with Crippen LogP contribution in [0.15, 0.2) is 54.9 Å². The van der Waals surface area contributed by atoms with Gasteiger partial charge in [0, 0.05) is 41.4 Å². The van der Waals surface area contributed by atoms with Crippen molar-refractivity contribution >= 4 is 17.5 Å². The summed E-state index contributed by atoms with van der Waals surface area (Å²) in [6, 6.07) is 13.5. The molecule has 0 saturated carbocycles. The first-order valence-electron chi connectivity index (χ1n) is 10.2. The van der Waals surface area contributed by atoms with Crippen LogP contribution in [0.1, 0.15) is 17.5 Å². The van der Waals surface area contributed by atoms with Gasteiger partial charge >= 0.3 is 0 Å². The van der Waals surface area contributed by atoms with Crippen LogP contribution in [0.4, 0.5) is 0 Å². The Morgan fingerprint density at radius 3 is 2.81 bits per heavy atom. The maximum Gasteiger partial charge on any atom is 0.231 e. The summed E-state index contributed by atoms with van der Waals surface area (Å²) in [5.41, 5.74) is 4.04. The number of aromatic nitrogens is 1. The molecule has 0 radical (unpaired) electrons. The molecular weight excluding hydrogens is 416 g/mol. The van der Waals surface area contributed by atoms with Crippen LogP contribution in [0.3, 0.4) is 0 Å². The number of nitrogens with one attached hydrogen (secondary N) is 1. The number of pyridine rings is 1. The Morgan fingerprint density at radius 2 is 1.94 bits per heavy atom. The molecule has 1 atom stereocenters. The average Bonchev–Trinajstić information content (AvgIpc) is 3.42. The maximum atomic E-state index is 12.4. The Bertz CT molecular complexity index is 1120. The number of rotatable bonds is 6. The SMILES string of the molecule is O=C(CCc1ccc2c(c1)OCO2)NCC1Cc2cc(Cl)cc(-c3ccncc3)c2O1. The normalized spacial score (nSPS) is 16.0. The van der Waals surface area contributed by atoms with E-state index >= 15 is 0 Å². The number of aryl methyl sites for hydroxylation is 1. The molecule has 0 spiro atoms. The van der Waals surface area contributed by atoms with Gasteiger partial charge in [-0.2, -0.15) is 0 Å². The van der Waals surface area contributed by atoms with Gasteiger partial charge in [-0.1, -0.05) is 17.7 Å². The number of fused-ring (bicyclic) bond motifs is 2. The van der Waals surface area contributed by atoms with Gasteiger partial charge in [0.1, 0.15) is 11.9 Å². The van der Waals surface area contributed by atoms with Crippen molar-refractivity contribution in [1.29, 1.82) is 0 Å². The first-order chi connectivity index (χ1) is 15.2. The molecule has 1 aromatic heterocycles. The lowest BCUT2D eigenvalue weighted by Crippen LogP contribution is -2.34. The lowest BCUT2D eigenvalue weighted by molar-refractivity contribution is -0.121. The van der Waals surface area contributed by atoms with Gasteiger partial charge in [0.15, 0.2) is 11.5 Å². The highest BCUT2D eigenvalue weighted by molar-refractivity contribution is 6.31. The molecule has 3 heterocycles. The summed E-state index contributed by atoms with van der Waals surface area (Å²) in [6.45, 7) is 0.694. The van der Waals surface area contributed by atoms with Gasteiger partial charge in [0.05, 0.1) is 6.54 Å². The second kappa shape index (κ2) is 8.47. The number of benzene rings is 2. The molecule has 1 amide bonds. The molecule has 2 aliphatic rings. The van der Waals surface area contributed by atoms with E-state index in [0.29, 0.717) is 30.8 Å².